The summed E-state index contributed by atoms with van der Waals surface area (Å²) in [4.78, 5) is 15.8. The maximum Gasteiger partial charge on any atom is 0.254 e. The van der Waals surface area contributed by atoms with Crippen LogP contribution in [0.1, 0.15) is 5.69 Å². The monoisotopic (exact) mass is 293 g/mol. The van der Waals surface area contributed by atoms with E-state index in [-0.39, 0.29) is 30.7 Å². The van der Waals surface area contributed by atoms with Crippen molar-refractivity contribution in [1.82, 2.24) is 10.3 Å². The SMILES string of the molecule is Cc1cc(NC(=O)[C@H]2CNCCO2)ccn1.Cl.Cl. The van der Waals surface area contributed by atoms with Crippen LogP contribution in [-0.2, 0) is 9.53 Å². The summed E-state index contributed by atoms with van der Waals surface area (Å²) in [6.45, 7) is 3.83. The molecular formula is C11H17Cl2N3O2. The van der Waals surface area contributed by atoms with Gasteiger partial charge in [-0.25, -0.2) is 0 Å². The lowest BCUT2D eigenvalue weighted by Crippen LogP contribution is -2.45. The van der Waals surface area contributed by atoms with Crippen molar-refractivity contribution >= 4 is 36.4 Å². The lowest BCUT2D eigenvalue weighted by atomic mass is 10.2. The summed E-state index contributed by atoms with van der Waals surface area (Å²) in [6.07, 6.45) is 1.27. The number of hydrogen-bond acceptors (Lipinski definition) is 4. The van der Waals surface area contributed by atoms with E-state index < -0.39 is 6.10 Å². The molecule has 0 unspecified atom stereocenters. The summed E-state index contributed by atoms with van der Waals surface area (Å²) >= 11 is 0. The number of halogens is 2. The molecule has 2 heterocycles. The zero-order chi connectivity index (χ0) is 11.4. The normalized spacial score (nSPS) is 18.2. The number of rotatable bonds is 2. The lowest BCUT2D eigenvalue weighted by molar-refractivity contribution is -0.128. The molecule has 1 aromatic heterocycles. The van der Waals surface area contributed by atoms with Gasteiger partial charge in [0.2, 0.25) is 0 Å². The van der Waals surface area contributed by atoms with E-state index in [2.05, 4.69) is 15.6 Å². The summed E-state index contributed by atoms with van der Waals surface area (Å²) in [7, 11) is 0. The molecule has 2 N–H and O–H groups in total. The second-order valence-corrected chi connectivity index (χ2v) is 3.74. The van der Waals surface area contributed by atoms with Gasteiger partial charge >= 0.3 is 0 Å². The Morgan fingerprint density at radius 2 is 2.33 bits per heavy atom. The van der Waals surface area contributed by atoms with Crippen LogP contribution in [0.5, 0.6) is 0 Å². The molecule has 0 saturated carbocycles. The van der Waals surface area contributed by atoms with E-state index in [0.717, 1.165) is 17.9 Å². The Morgan fingerprint density at radius 1 is 1.56 bits per heavy atom. The van der Waals surface area contributed by atoms with Crippen molar-refractivity contribution in [2.45, 2.75) is 13.0 Å². The van der Waals surface area contributed by atoms with Gasteiger partial charge in [0, 0.05) is 30.7 Å². The van der Waals surface area contributed by atoms with Crippen LogP contribution in [0.4, 0.5) is 5.69 Å². The quantitative estimate of drug-likeness (QED) is 0.859. The third-order valence-corrected chi connectivity index (χ3v) is 2.38. The maximum absolute atomic E-state index is 11.8. The first kappa shape index (κ1) is 17.1. The number of pyridine rings is 1. The Kier molecular flexibility index (Phi) is 7.86. The standard InChI is InChI=1S/C11H15N3O2.2ClH/c1-8-6-9(2-3-13-8)14-11(15)10-7-12-4-5-16-10;;/h2-3,6,10,12H,4-5,7H2,1H3,(H,13,14,15);2*1H/t10-;;/m1../s1. The van der Waals surface area contributed by atoms with E-state index in [0.29, 0.717) is 13.2 Å². The highest BCUT2D eigenvalue weighted by atomic mass is 35.5. The summed E-state index contributed by atoms with van der Waals surface area (Å²) in [5.74, 6) is -0.113. The van der Waals surface area contributed by atoms with Gasteiger partial charge in [0.1, 0.15) is 6.10 Å². The molecule has 0 aliphatic carbocycles. The van der Waals surface area contributed by atoms with Crippen molar-refractivity contribution in [3.8, 4) is 0 Å². The van der Waals surface area contributed by atoms with E-state index >= 15 is 0 Å². The average molecular weight is 294 g/mol. The van der Waals surface area contributed by atoms with Crippen LogP contribution in [0.2, 0.25) is 0 Å². The fourth-order valence-electron chi connectivity index (χ4n) is 1.58. The molecule has 0 radical (unpaired) electrons. The van der Waals surface area contributed by atoms with Gasteiger partial charge in [0.05, 0.1) is 6.61 Å². The number of hydrogen-bond donors (Lipinski definition) is 2. The van der Waals surface area contributed by atoms with Crippen LogP contribution < -0.4 is 10.6 Å². The number of aryl methyl sites for hydroxylation is 1. The molecule has 102 valence electrons. The molecule has 2 rings (SSSR count). The highest BCUT2D eigenvalue weighted by molar-refractivity contribution is 5.94. The van der Waals surface area contributed by atoms with Crippen LogP contribution in [0, 0.1) is 6.92 Å². The van der Waals surface area contributed by atoms with Crippen LogP contribution >= 0.6 is 24.8 Å². The number of aromatic nitrogens is 1. The van der Waals surface area contributed by atoms with Crippen LogP contribution in [0.3, 0.4) is 0 Å². The number of morpholine rings is 1. The molecule has 1 amide bonds. The Balaban J connectivity index is 0.00000144. The predicted molar refractivity (Wildman–Crippen MR) is 74.7 cm³/mol. The molecule has 1 saturated heterocycles. The summed E-state index contributed by atoms with van der Waals surface area (Å²) in [5.41, 5.74) is 1.63. The van der Waals surface area contributed by atoms with E-state index in [1.165, 1.54) is 0 Å². The van der Waals surface area contributed by atoms with Gasteiger partial charge in [0.25, 0.3) is 5.91 Å². The highest BCUT2D eigenvalue weighted by Crippen LogP contribution is 2.08. The van der Waals surface area contributed by atoms with E-state index in [4.69, 9.17) is 4.74 Å². The minimum absolute atomic E-state index is 0. The average Bonchev–Trinajstić information content (AvgIpc) is 2.30. The number of anilines is 1. The van der Waals surface area contributed by atoms with Gasteiger partial charge in [-0.1, -0.05) is 0 Å². The number of ether oxygens (including phenoxy) is 1. The summed E-state index contributed by atoms with van der Waals surface area (Å²) in [5, 5.41) is 5.92. The van der Waals surface area contributed by atoms with E-state index in [1.54, 1.807) is 12.3 Å². The van der Waals surface area contributed by atoms with Gasteiger partial charge < -0.3 is 15.4 Å². The molecular weight excluding hydrogens is 277 g/mol. The van der Waals surface area contributed by atoms with Gasteiger partial charge in [-0.3, -0.25) is 9.78 Å². The molecule has 1 fully saturated rings. The fraction of sp³-hybridized carbons (Fsp3) is 0.455. The first-order valence-corrected chi connectivity index (χ1v) is 5.31. The maximum atomic E-state index is 11.8. The van der Waals surface area contributed by atoms with Gasteiger partial charge in [-0.2, -0.15) is 0 Å². The molecule has 7 heteroatoms. The minimum Gasteiger partial charge on any atom is -0.366 e. The molecule has 1 aromatic rings. The molecule has 1 aliphatic rings. The topological polar surface area (TPSA) is 63.2 Å². The second-order valence-electron chi connectivity index (χ2n) is 3.74. The number of carbonyl (C=O) groups excluding carboxylic acids is 1. The lowest BCUT2D eigenvalue weighted by Gasteiger charge is -2.22. The van der Waals surface area contributed by atoms with Crippen molar-refractivity contribution in [1.29, 1.82) is 0 Å². The Hall–Kier alpha value is -0.880. The van der Waals surface area contributed by atoms with Gasteiger partial charge in [-0.05, 0) is 19.1 Å². The molecule has 0 spiro atoms. The molecule has 5 nitrogen and oxygen atoms in total. The summed E-state index contributed by atoms with van der Waals surface area (Å²) in [6, 6.07) is 3.59. The van der Waals surface area contributed by atoms with Crippen molar-refractivity contribution < 1.29 is 9.53 Å². The van der Waals surface area contributed by atoms with Gasteiger partial charge in [0.15, 0.2) is 0 Å². The first-order chi connectivity index (χ1) is 7.75. The van der Waals surface area contributed by atoms with Crippen molar-refractivity contribution in [2.75, 3.05) is 25.0 Å². The molecule has 1 aliphatic heterocycles. The fourth-order valence-corrected chi connectivity index (χ4v) is 1.58. The summed E-state index contributed by atoms with van der Waals surface area (Å²) < 4.78 is 5.35. The number of carbonyl (C=O) groups is 1. The molecule has 1 atom stereocenters. The van der Waals surface area contributed by atoms with E-state index in [1.807, 2.05) is 13.0 Å². The minimum atomic E-state index is -0.401. The van der Waals surface area contributed by atoms with Crippen LogP contribution in [0.15, 0.2) is 18.3 Å². The van der Waals surface area contributed by atoms with Crippen molar-refractivity contribution in [2.24, 2.45) is 0 Å². The Bertz CT molecular complexity index is 384. The van der Waals surface area contributed by atoms with Gasteiger partial charge in [-0.15, -0.1) is 24.8 Å². The number of nitrogens with zero attached hydrogens (tertiary/aromatic N) is 1. The zero-order valence-electron chi connectivity index (χ0n) is 10.0. The largest absolute Gasteiger partial charge is 0.366 e. The Labute approximate surface area is 119 Å². The first-order valence-electron chi connectivity index (χ1n) is 5.31. The molecule has 0 aromatic carbocycles. The number of nitrogens with one attached hydrogen (secondary N) is 2. The second kappa shape index (κ2) is 8.26. The third kappa shape index (κ3) is 4.78. The molecule has 18 heavy (non-hydrogen) atoms. The van der Waals surface area contributed by atoms with Crippen LogP contribution in [0.25, 0.3) is 0 Å². The third-order valence-electron chi connectivity index (χ3n) is 2.38. The zero-order valence-corrected chi connectivity index (χ0v) is 11.6. The van der Waals surface area contributed by atoms with Crippen molar-refractivity contribution in [3.05, 3.63) is 24.0 Å². The van der Waals surface area contributed by atoms with E-state index in [9.17, 15) is 4.79 Å². The number of amides is 1. The van der Waals surface area contributed by atoms with Crippen molar-refractivity contribution in [3.63, 3.8) is 0 Å². The molecule has 0 bridgehead atoms. The Morgan fingerprint density at radius 3 is 2.94 bits per heavy atom. The highest BCUT2D eigenvalue weighted by Gasteiger charge is 2.21. The van der Waals surface area contributed by atoms with Crippen LogP contribution in [-0.4, -0.2) is 36.7 Å². The predicted octanol–water partition coefficient (Wildman–Crippen LogP) is 1.16. The smallest absolute Gasteiger partial charge is 0.254 e.